The summed E-state index contributed by atoms with van der Waals surface area (Å²) in [6, 6.07) is 17.3. The normalized spacial score (nSPS) is 11.6. The third-order valence-electron chi connectivity index (χ3n) is 3.89. The first-order valence-corrected chi connectivity index (χ1v) is 8.17. The Labute approximate surface area is 147 Å². The highest BCUT2D eigenvalue weighted by molar-refractivity contribution is 5.93. The average molecular weight is 332 g/mol. The summed E-state index contributed by atoms with van der Waals surface area (Å²) >= 11 is 0. The predicted octanol–water partition coefficient (Wildman–Crippen LogP) is 3.58. The van der Waals surface area contributed by atoms with E-state index in [4.69, 9.17) is 0 Å². The zero-order valence-corrected chi connectivity index (χ0v) is 14.0. The molecule has 5 heteroatoms. The van der Waals surface area contributed by atoms with Gasteiger partial charge in [-0.1, -0.05) is 30.3 Å². The van der Waals surface area contributed by atoms with E-state index in [0.29, 0.717) is 12.2 Å². The first-order chi connectivity index (χ1) is 12.2. The molecule has 3 rings (SSSR count). The Morgan fingerprint density at radius 3 is 2.56 bits per heavy atom. The Morgan fingerprint density at radius 2 is 1.80 bits per heavy atom. The van der Waals surface area contributed by atoms with Crippen molar-refractivity contribution in [1.82, 2.24) is 15.3 Å². The smallest absolute Gasteiger partial charge is 0.270 e. The Kier molecular flexibility index (Phi) is 5.36. The SMILES string of the molecule is CC(NC(=O)c1cc(NCc2ccncc2)ccn1)c1ccccc1. The molecule has 25 heavy (non-hydrogen) atoms. The van der Waals surface area contributed by atoms with Crippen molar-refractivity contribution in [2.24, 2.45) is 0 Å². The standard InChI is InChI=1S/C20H20N4O/c1-15(17-5-3-2-4-6-17)24-20(25)19-13-18(9-12-22-19)23-14-16-7-10-21-11-8-16/h2-13,15H,14H2,1H3,(H,22,23)(H,24,25). The summed E-state index contributed by atoms with van der Waals surface area (Å²) in [5.74, 6) is -0.191. The van der Waals surface area contributed by atoms with Gasteiger partial charge in [0.25, 0.3) is 5.91 Å². The third kappa shape index (κ3) is 4.64. The maximum atomic E-state index is 12.4. The van der Waals surface area contributed by atoms with Gasteiger partial charge in [-0.05, 0) is 42.3 Å². The monoisotopic (exact) mass is 332 g/mol. The summed E-state index contributed by atoms with van der Waals surface area (Å²) in [5, 5.41) is 6.27. The summed E-state index contributed by atoms with van der Waals surface area (Å²) in [6.45, 7) is 2.62. The summed E-state index contributed by atoms with van der Waals surface area (Å²) < 4.78 is 0. The van der Waals surface area contributed by atoms with Gasteiger partial charge in [0.05, 0.1) is 6.04 Å². The van der Waals surface area contributed by atoms with Crippen LogP contribution in [0.2, 0.25) is 0 Å². The lowest BCUT2D eigenvalue weighted by atomic mass is 10.1. The van der Waals surface area contributed by atoms with Gasteiger partial charge in [0.1, 0.15) is 5.69 Å². The molecule has 0 saturated heterocycles. The second-order valence-electron chi connectivity index (χ2n) is 5.74. The molecule has 1 atom stereocenters. The number of amides is 1. The van der Waals surface area contributed by atoms with Crippen molar-refractivity contribution in [2.45, 2.75) is 19.5 Å². The largest absolute Gasteiger partial charge is 0.381 e. The summed E-state index contributed by atoms with van der Waals surface area (Å²) in [6.07, 6.45) is 5.15. The van der Waals surface area contributed by atoms with E-state index in [0.717, 1.165) is 16.8 Å². The number of anilines is 1. The van der Waals surface area contributed by atoms with Gasteiger partial charge in [-0.15, -0.1) is 0 Å². The highest BCUT2D eigenvalue weighted by Gasteiger charge is 2.12. The van der Waals surface area contributed by atoms with E-state index in [9.17, 15) is 4.79 Å². The van der Waals surface area contributed by atoms with Gasteiger partial charge in [-0.25, -0.2) is 0 Å². The van der Waals surface area contributed by atoms with Gasteiger partial charge in [-0.3, -0.25) is 14.8 Å². The van der Waals surface area contributed by atoms with E-state index in [-0.39, 0.29) is 11.9 Å². The number of nitrogens with one attached hydrogen (secondary N) is 2. The lowest BCUT2D eigenvalue weighted by Gasteiger charge is -2.14. The molecule has 5 nitrogen and oxygen atoms in total. The Morgan fingerprint density at radius 1 is 1.04 bits per heavy atom. The maximum absolute atomic E-state index is 12.4. The van der Waals surface area contributed by atoms with Crippen molar-refractivity contribution in [3.63, 3.8) is 0 Å². The molecule has 0 aliphatic carbocycles. The fourth-order valence-electron chi connectivity index (χ4n) is 2.47. The molecule has 3 aromatic rings. The first-order valence-electron chi connectivity index (χ1n) is 8.17. The minimum Gasteiger partial charge on any atom is -0.381 e. The fourth-order valence-corrected chi connectivity index (χ4v) is 2.47. The topological polar surface area (TPSA) is 66.9 Å². The van der Waals surface area contributed by atoms with Crippen LogP contribution >= 0.6 is 0 Å². The zero-order chi connectivity index (χ0) is 17.5. The minimum absolute atomic E-state index is 0.0797. The van der Waals surface area contributed by atoms with Crippen LogP contribution in [-0.2, 0) is 6.54 Å². The molecule has 1 unspecified atom stereocenters. The lowest BCUT2D eigenvalue weighted by molar-refractivity contribution is 0.0935. The second kappa shape index (κ2) is 8.06. The Hall–Kier alpha value is -3.21. The van der Waals surface area contributed by atoms with Crippen molar-refractivity contribution in [3.8, 4) is 0 Å². The van der Waals surface area contributed by atoms with Crippen LogP contribution in [0.25, 0.3) is 0 Å². The number of aromatic nitrogens is 2. The van der Waals surface area contributed by atoms with E-state index in [1.165, 1.54) is 0 Å². The van der Waals surface area contributed by atoms with E-state index in [1.54, 1.807) is 24.7 Å². The van der Waals surface area contributed by atoms with E-state index in [1.807, 2.05) is 55.5 Å². The van der Waals surface area contributed by atoms with Crippen LogP contribution in [-0.4, -0.2) is 15.9 Å². The number of pyridine rings is 2. The maximum Gasteiger partial charge on any atom is 0.270 e. The molecule has 0 radical (unpaired) electrons. The molecule has 2 aromatic heterocycles. The predicted molar refractivity (Wildman–Crippen MR) is 98.1 cm³/mol. The summed E-state index contributed by atoms with van der Waals surface area (Å²) in [4.78, 5) is 20.6. The van der Waals surface area contributed by atoms with Gasteiger partial charge >= 0.3 is 0 Å². The minimum atomic E-state index is -0.191. The van der Waals surface area contributed by atoms with E-state index in [2.05, 4.69) is 20.6 Å². The highest BCUT2D eigenvalue weighted by Crippen LogP contribution is 2.14. The molecule has 1 aromatic carbocycles. The number of hydrogen-bond acceptors (Lipinski definition) is 4. The van der Waals surface area contributed by atoms with Crippen LogP contribution < -0.4 is 10.6 Å². The first kappa shape index (κ1) is 16.6. The number of carbonyl (C=O) groups excluding carboxylic acids is 1. The molecule has 0 saturated carbocycles. The molecule has 1 amide bonds. The molecule has 0 bridgehead atoms. The van der Waals surface area contributed by atoms with E-state index < -0.39 is 0 Å². The van der Waals surface area contributed by atoms with Crippen molar-refractivity contribution >= 4 is 11.6 Å². The molecule has 0 aliphatic rings. The molecule has 2 N–H and O–H groups in total. The molecule has 0 spiro atoms. The van der Waals surface area contributed by atoms with Gasteiger partial charge in [-0.2, -0.15) is 0 Å². The average Bonchev–Trinajstić information content (AvgIpc) is 2.68. The van der Waals surface area contributed by atoms with Gasteiger partial charge < -0.3 is 10.6 Å². The third-order valence-corrected chi connectivity index (χ3v) is 3.89. The van der Waals surface area contributed by atoms with Crippen molar-refractivity contribution in [2.75, 3.05) is 5.32 Å². The van der Waals surface area contributed by atoms with Gasteiger partial charge in [0.15, 0.2) is 0 Å². The molecular formula is C20H20N4O. The number of hydrogen-bond donors (Lipinski definition) is 2. The van der Waals surface area contributed by atoms with Crippen LogP contribution in [0.15, 0.2) is 73.2 Å². The van der Waals surface area contributed by atoms with Gasteiger partial charge in [0.2, 0.25) is 0 Å². The number of benzene rings is 1. The lowest BCUT2D eigenvalue weighted by Crippen LogP contribution is -2.27. The molecule has 2 heterocycles. The van der Waals surface area contributed by atoms with Crippen LogP contribution in [0.3, 0.4) is 0 Å². The fraction of sp³-hybridized carbons (Fsp3) is 0.150. The zero-order valence-electron chi connectivity index (χ0n) is 14.0. The molecule has 126 valence electrons. The molecule has 0 fully saturated rings. The van der Waals surface area contributed by atoms with Crippen LogP contribution in [0, 0.1) is 0 Å². The Balaban J connectivity index is 1.63. The van der Waals surface area contributed by atoms with Crippen LogP contribution in [0.5, 0.6) is 0 Å². The van der Waals surface area contributed by atoms with Crippen molar-refractivity contribution in [3.05, 3.63) is 90.0 Å². The second-order valence-corrected chi connectivity index (χ2v) is 5.74. The molecule has 0 aliphatic heterocycles. The quantitative estimate of drug-likeness (QED) is 0.724. The summed E-state index contributed by atoms with van der Waals surface area (Å²) in [5.41, 5.74) is 3.42. The molecular weight excluding hydrogens is 312 g/mol. The van der Waals surface area contributed by atoms with Crippen LogP contribution in [0.1, 0.15) is 34.6 Å². The Bertz CT molecular complexity index is 821. The van der Waals surface area contributed by atoms with Crippen molar-refractivity contribution < 1.29 is 4.79 Å². The van der Waals surface area contributed by atoms with Crippen molar-refractivity contribution in [1.29, 1.82) is 0 Å². The van der Waals surface area contributed by atoms with Gasteiger partial charge in [0, 0.05) is 30.8 Å². The van der Waals surface area contributed by atoms with E-state index >= 15 is 0 Å². The number of carbonyl (C=O) groups is 1. The number of nitrogens with zero attached hydrogens (tertiary/aromatic N) is 2. The number of rotatable bonds is 6. The summed E-state index contributed by atoms with van der Waals surface area (Å²) in [7, 11) is 0. The highest BCUT2D eigenvalue weighted by atomic mass is 16.1. The van der Waals surface area contributed by atoms with Crippen LogP contribution in [0.4, 0.5) is 5.69 Å².